The summed E-state index contributed by atoms with van der Waals surface area (Å²) in [6.07, 6.45) is 0.301. The summed E-state index contributed by atoms with van der Waals surface area (Å²) in [5, 5.41) is 11.9. The zero-order chi connectivity index (χ0) is 15.4. The summed E-state index contributed by atoms with van der Waals surface area (Å²) in [4.78, 5) is 12.0. The van der Waals surface area contributed by atoms with Crippen LogP contribution in [0.4, 0.5) is 10.1 Å². The summed E-state index contributed by atoms with van der Waals surface area (Å²) in [5.74, 6) is -0.833. The van der Waals surface area contributed by atoms with Crippen molar-refractivity contribution in [1.82, 2.24) is 0 Å². The number of rotatable bonds is 4. The van der Waals surface area contributed by atoms with Gasteiger partial charge in [0.15, 0.2) is 0 Å². The summed E-state index contributed by atoms with van der Waals surface area (Å²) < 4.78 is 13.2. The van der Waals surface area contributed by atoms with Crippen molar-refractivity contribution in [2.24, 2.45) is 5.73 Å². The third kappa shape index (κ3) is 4.44. The van der Waals surface area contributed by atoms with Gasteiger partial charge in [0.1, 0.15) is 11.6 Å². The summed E-state index contributed by atoms with van der Waals surface area (Å²) in [7, 11) is 0. The van der Waals surface area contributed by atoms with Crippen molar-refractivity contribution in [3.63, 3.8) is 0 Å². The van der Waals surface area contributed by atoms with E-state index in [0.29, 0.717) is 6.42 Å². The summed E-state index contributed by atoms with van der Waals surface area (Å²) in [6, 6.07) is 9.36. The molecule has 1 atom stereocenters. The zero-order valence-corrected chi connectivity index (χ0v) is 11.8. The van der Waals surface area contributed by atoms with E-state index in [9.17, 15) is 14.3 Å². The largest absolute Gasteiger partial charge is 0.508 e. The Kier molecular flexibility index (Phi) is 4.77. The lowest BCUT2D eigenvalue weighted by Crippen LogP contribution is -2.37. The molecule has 2 aromatic carbocycles. The van der Waals surface area contributed by atoms with Gasteiger partial charge in [-0.3, -0.25) is 4.79 Å². The van der Waals surface area contributed by atoms with Crippen LogP contribution >= 0.6 is 11.6 Å². The number of amides is 1. The van der Waals surface area contributed by atoms with Gasteiger partial charge in [0.2, 0.25) is 5.91 Å². The van der Waals surface area contributed by atoms with Crippen LogP contribution in [0.5, 0.6) is 5.75 Å². The van der Waals surface area contributed by atoms with E-state index in [1.165, 1.54) is 18.2 Å². The van der Waals surface area contributed by atoms with Crippen LogP contribution < -0.4 is 11.1 Å². The Hall–Kier alpha value is -2.11. The number of aromatic hydroxyl groups is 1. The number of nitrogens with one attached hydrogen (secondary N) is 1. The Morgan fingerprint density at radius 3 is 2.57 bits per heavy atom. The number of carbonyl (C=O) groups is 1. The molecule has 0 bridgehead atoms. The fourth-order valence-corrected chi connectivity index (χ4v) is 2.06. The van der Waals surface area contributed by atoms with Crippen LogP contribution in [0.25, 0.3) is 0 Å². The molecule has 2 rings (SSSR count). The molecule has 21 heavy (non-hydrogen) atoms. The van der Waals surface area contributed by atoms with Crippen molar-refractivity contribution >= 4 is 23.2 Å². The van der Waals surface area contributed by atoms with Crippen LogP contribution in [0.15, 0.2) is 42.5 Å². The molecule has 4 nitrogen and oxygen atoms in total. The predicted molar refractivity (Wildman–Crippen MR) is 79.8 cm³/mol. The van der Waals surface area contributed by atoms with E-state index in [1.807, 2.05) is 0 Å². The molecule has 0 fully saturated rings. The van der Waals surface area contributed by atoms with Crippen LogP contribution in [0.3, 0.4) is 0 Å². The number of hydrogen-bond donors (Lipinski definition) is 3. The SMILES string of the molecule is NC(Cc1ccc(O)cc1)C(=O)Nc1cc(F)cc(Cl)c1. The number of anilines is 1. The highest BCUT2D eigenvalue weighted by Crippen LogP contribution is 2.18. The normalized spacial score (nSPS) is 12.0. The number of phenolic OH excluding ortho intramolecular Hbond substituents is 1. The van der Waals surface area contributed by atoms with Crippen LogP contribution in [-0.2, 0) is 11.2 Å². The van der Waals surface area contributed by atoms with Crippen molar-refractivity contribution < 1.29 is 14.3 Å². The highest BCUT2D eigenvalue weighted by atomic mass is 35.5. The quantitative estimate of drug-likeness (QED) is 0.813. The molecule has 0 heterocycles. The van der Waals surface area contributed by atoms with E-state index in [1.54, 1.807) is 12.1 Å². The van der Waals surface area contributed by atoms with Crippen LogP contribution in [0.1, 0.15) is 5.56 Å². The molecule has 1 unspecified atom stereocenters. The first-order valence-electron chi connectivity index (χ1n) is 6.24. The van der Waals surface area contributed by atoms with E-state index >= 15 is 0 Å². The summed E-state index contributed by atoms with van der Waals surface area (Å²) >= 11 is 5.71. The monoisotopic (exact) mass is 308 g/mol. The highest BCUT2D eigenvalue weighted by Gasteiger charge is 2.15. The third-order valence-corrected chi connectivity index (χ3v) is 3.08. The van der Waals surface area contributed by atoms with Gasteiger partial charge in [-0.15, -0.1) is 0 Å². The van der Waals surface area contributed by atoms with Gasteiger partial charge in [0, 0.05) is 10.7 Å². The van der Waals surface area contributed by atoms with Crippen molar-refractivity contribution in [3.8, 4) is 5.75 Å². The number of nitrogens with two attached hydrogens (primary N) is 1. The maximum Gasteiger partial charge on any atom is 0.241 e. The van der Waals surface area contributed by atoms with Crippen LogP contribution in [0.2, 0.25) is 5.02 Å². The molecular weight excluding hydrogens is 295 g/mol. The Bertz CT molecular complexity index is 626. The Balaban J connectivity index is 2.00. The van der Waals surface area contributed by atoms with Crippen molar-refractivity contribution in [2.75, 3.05) is 5.32 Å². The number of benzene rings is 2. The summed E-state index contributed by atoms with van der Waals surface area (Å²) in [6.45, 7) is 0. The smallest absolute Gasteiger partial charge is 0.241 e. The third-order valence-electron chi connectivity index (χ3n) is 2.86. The maximum atomic E-state index is 13.2. The number of halogens is 2. The van der Waals surface area contributed by atoms with Gasteiger partial charge >= 0.3 is 0 Å². The van der Waals surface area contributed by atoms with E-state index in [2.05, 4.69) is 5.32 Å². The minimum Gasteiger partial charge on any atom is -0.508 e. The van der Waals surface area contributed by atoms with E-state index in [-0.39, 0.29) is 16.5 Å². The molecule has 2 aromatic rings. The second kappa shape index (κ2) is 6.56. The Morgan fingerprint density at radius 2 is 1.95 bits per heavy atom. The first-order valence-corrected chi connectivity index (χ1v) is 6.62. The molecule has 0 saturated heterocycles. The molecule has 110 valence electrons. The molecule has 1 amide bonds. The zero-order valence-electron chi connectivity index (χ0n) is 11.0. The first-order chi connectivity index (χ1) is 9.94. The molecule has 0 aliphatic heterocycles. The molecule has 6 heteroatoms. The lowest BCUT2D eigenvalue weighted by Gasteiger charge is -2.13. The van der Waals surface area contributed by atoms with Crippen LogP contribution in [0, 0.1) is 5.82 Å². The predicted octanol–water partition coefficient (Wildman–Crippen LogP) is 2.69. The minimum atomic E-state index is -0.795. The number of hydrogen-bond acceptors (Lipinski definition) is 3. The molecule has 0 aliphatic carbocycles. The fraction of sp³-hybridized carbons (Fsp3) is 0.133. The average Bonchev–Trinajstić information content (AvgIpc) is 2.40. The second-order valence-corrected chi connectivity index (χ2v) is 5.06. The van der Waals surface area contributed by atoms with Gasteiger partial charge < -0.3 is 16.2 Å². The van der Waals surface area contributed by atoms with Gasteiger partial charge in [-0.2, -0.15) is 0 Å². The van der Waals surface area contributed by atoms with E-state index < -0.39 is 17.8 Å². The minimum absolute atomic E-state index is 0.145. The summed E-state index contributed by atoms with van der Waals surface area (Å²) in [5.41, 5.74) is 6.88. The van der Waals surface area contributed by atoms with Gasteiger partial charge in [0.25, 0.3) is 0 Å². The van der Waals surface area contributed by atoms with Crippen molar-refractivity contribution in [2.45, 2.75) is 12.5 Å². The molecule has 0 aromatic heterocycles. The average molecular weight is 309 g/mol. The van der Waals surface area contributed by atoms with E-state index in [4.69, 9.17) is 17.3 Å². The lowest BCUT2D eigenvalue weighted by atomic mass is 10.1. The second-order valence-electron chi connectivity index (χ2n) is 4.62. The molecule has 0 aliphatic rings. The van der Waals surface area contributed by atoms with Crippen LogP contribution in [-0.4, -0.2) is 17.1 Å². The lowest BCUT2D eigenvalue weighted by molar-refractivity contribution is -0.117. The topological polar surface area (TPSA) is 75.3 Å². The fourth-order valence-electron chi connectivity index (χ4n) is 1.84. The van der Waals surface area contributed by atoms with Gasteiger partial charge in [-0.05, 0) is 42.3 Å². The van der Waals surface area contributed by atoms with Gasteiger partial charge in [0.05, 0.1) is 6.04 Å². The first kappa shape index (κ1) is 15.3. The molecular formula is C15H14ClFN2O2. The van der Waals surface area contributed by atoms with Gasteiger partial charge in [-0.1, -0.05) is 23.7 Å². The Labute approximate surface area is 126 Å². The molecule has 0 radical (unpaired) electrons. The number of carbonyl (C=O) groups excluding carboxylic acids is 1. The van der Waals surface area contributed by atoms with Gasteiger partial charge in [-0.25, -0.2) is 4.39 Å². The number of phenols is 1. The molecule has 0 saturated carbocycles. The van der Waals surface area contributed by atoms with E-state index in [0.717, 1.165) is 17.7 Å². The molecule has 0 spiro atoms. The molecule has 4 N–H and O–H groups in total. The Morgan fingerprint density at radius 1 is 1.29 bits per heavy atom. The standard InChI is InChI=1S/C15H14ClFN2O2/c16-10-6-11(17)8-12(7-10)19-15(21)14(18)5-9-1-3-13(20)4-2-9/h1-4,6-8,14,20H,5,18H2,(H,19,21). The van der Waals surface area contributed by atoms with Crippen molar-refractivity contribution in [1.29, 1.82) is 0 Å². The highest BCUT2D eigenvalue weighted by molar-refractivity contribution is 6.30. The maximum absolute atomic E-state index is 13.2. The van der Waals surface area contributed by atoms with Crippen molar-refractivity contribution in [3.05, 3.63) is 58.9 Å².